The van der Waals surface area contributed by atoms with Gasteiger partial charge in [0, 0.05) is 12.1 Å². The monoisotopic (exact) mass is 721 g/mol. The van der Waals surface area contributed by atoms with Crippen molar-refractivity contribution in [1.82, 2.24) is 9.55 Å². The smallest absolute Gasteiger partial charge is 0.149 e. The molecule has 3 heteroatoms. The van der Waals surface area contributed by atoms with Gasteiger partial charge in [0.05, 0.1) is 22.3 Å². The Morgan fingerprint density at radius 3 is 2.04 bits per heavy atom. The molecule has 0 atom stereocenters. The molecule has 0 radical (unpaired) electrons. The number of hydrogen-bond acceptors (Lipinski definition) is 2. The van der Waals surface area contributed by atoms with E-state index in [0.29, 0.717) is 5.41 Å². The molecule has 0 saturated heterocycles. The van der Waals surface area contributed by atoms with Crippen LogP contribution in [0.15, 0.2) is 126 Å². The quantitative estimate of drug-likeness (QED) is 0.164. The average Bonchev–Trinajstić information content (AvgIpc) is 3.78. The SMILES string of the molecule is [2H]C1(c2ccc(-c3cc(C(C)C)c(-n4c(-c5cccc6c5oc5cc(-c7ccccc7)ccc56)nc5cccc(C)c54)c(C(C)C)c3)cc2)CCC(C)(C)CC1. The number of hydrogen-bond donors (Lipinski definition) is 0. The normalized spacial score (nSPS) is 15.8. The minimum atomic E-state index is -0.506. The molecule has 2 heterocycles. The molecule has 0 aliphatic heterocycles. The van der Waals surface area contributed by atoms with E-state index in [4.69, 9.17) is 9.40 Å². The van der Waals surface area contributed by atoms with Crippen LogP contribution in [0.2, 0.25) is 0 Å². The molecule has 0 spiro atoms. The minimum Gasteiger partial charge on any atom is -0.455 e. The fourth-order valence-corrected chi connectivity index (χ4v) is 8.88. The zero-order chi connectivity index (χ0) is 38.9. The Hall–Kier alpha value is -5.41. The summed E-state index contributed by atoms with van der Waals surface area (Å²) in [7, 11) is 0. The number of aryl methyl sites for hydroxylation is 1. The molecule has 3 nitrogen and oxygen atoms in total. The molecule has 0 N–H and O–H groups in total. The van der Waals surface area contributed by atoms with Gasteiger partial charge in [-0.2, -0.15) is 0 Å². The summed E-state index contributed by atoms with van der Waals surface area (Å²) in [5.74, 6) is 0.876. The van der Waals surface area contributed by atoms with Gasteiger partial charge < -0.3 is 4.42 Å². The lowest BCUT2D eigenvalue weighted by Gasteiger charge is -2.34. The largest absolute Gasteiger partial charge is 0.455 e. The summed E-state index contributed by atoms with van der Waals surface area (Å²) in [5.41, 5.74) is 15.9. The Kier molecular flexibility index (Phi) is 8.50. The molecule has 1 saturated carbocycles. The third-order valence-corrected chi connectivity index (χ3v) is 12.2. The Balaban J connectivity index is 1.23. The van der Waals surface area contributed by atoms with E-state index in [-0.39, 0.29) is 11.8 Å². The van der Waals surface area contributed by atoms with Crippen LogP contribution in [0.25, 0.3) is 72.3 Å². The van der Waals surface area contributed by atoms with Crippen LogP contribution < -0.4 is 0 Å². The summed E-state index contributed by atoms with van der Waals surface area (Å²) in [4.78, 5) is 5.44. The summed E-state index contributed by atoms with van der Waals surface area (Å²) >= 11 is 0. The Labute approximate surface area is 327 Å². The van der Waals surface area contributed by atoms with E-state index in [1.54, 1.807) is 0 Å². The van der Waals surface area contributed by atoms with E-state index >= 15 is 0 Å². The number of benzene rings is 6. The third-order valence-electron chi connectivity index (χ3n) is 12.2. The molecule has 0 amide bonds. The van der Waals surface area contributed by atoms with Gasteiger partial charge in [0.15, 0.2) is 0 Å². The third kappa shape index (κ3) is 6.28. The molecular weight excluding hydrogens is 669 g/mol. The summed E-state index contributed by atoms with van der Waals surface area (Å²) < 4.78 is 18.7. The van der Waals surface area contributed by atoms with Crippen molar-refractivity contribution in [3.05, 3.63) is 144 Å². The maximum absolute atomic E-state index is 9.39. The summed E-state index contributed by atoms with van der Waals surface area (Å²) in [6.45, 7) is 16.1. The molecule has 0 bridgehead atoms. The van der Waals surface area contributed by atoms with Gasteiger partial charge in [0.1, 0.15) is 17.0 Å². The number of fused-ring (bicyclic) bond motifs is 4. The fraction of sp³-hybridized carbons (Fsp3) is 0.288. The van der Waals surface area contributed by atoms with Crippen LogP contribution in [-0.2, 0) is 0 Å². The van der Waals surface area contributed by atoms with Crippen molar-refractivity contribution < 1.29 is 5.79 Å². The first-order valence-electron chi connectivity index (χ1n) is 20.7. The Morgan fingerprint density at radius 2 is 1.35 bits per heavy atom. The number of furan rings is 1. The molecule has 9 rings (SSSR count). The molecule has 6 aromatic carbocycles. The van der Waals surface area contributed by atoms with Gasteiger partial charge in [-0.05, 0) is 137 Å². The van der Waals surface area contributed by atoms with Crippen molar-refractivity contribution in [3.63, 3.8) is 0 Å². The zero-order valence-electron chi connectivity index (χ0n) is 34.3. The molecule has 1 aliphatic rings. The van der Waals surface area contributed by atoms with Crippen LogP contribution in [-0.4, -0.2) is 9.55 Å². The predicted molar refractivity (Wildman–Crippen MR) is 233 cm³/mol. The van der Waals surface area contributed by atoms with Crippen molar-refractivity contribution in [2.45, 2.75) is 91.9 Å². The standard InChI is InChI=1S/C52H52N2O/c1-32(2)44-29-40(37-21-19-36(20-22-37)38-25-27-52(6,7)28-26-38)30-45(33(3)4)49(44)54-48-34(5)13-11-18-46(48)53-51(54)43-17-12-16-42-41-24-23-39(31-47(41)55-50(42)43)35-14-9-8-10-15-35/h8-24,29-33,38H,25-28H2,1-7H3/i38D. The van der Waals surface area contributed by atoms with E-state index in [1.807, 2.05) is 0 Å². The van der Waals surface area contributed by atoms with Crippen molar-refractivity contribution >= 4 is 33.0 Å². The Bertz CT molecular complexity index is 2710. The molecule has 2 aromatic heterocycles. The highest BCUT2D eigenvalue weighted by Crippen LogP contribution is 2.45. The number of nitrogens with zero attached hydrogens (tertiary/aromatic N) is 2. The van der Waals surface area contributed by atoms with Crippen molar-refractivity contribution in [2.75, 3.05) is 0 Å². The maximum atomic E-state index is 9.39. The van der Waals surface area contributed by atoms with E-state index in [9.17, 15) is 1.37 Å². The van der Waals surface area contributed by atoms with Gasteiger partial charge in [-0.3, -0.25) is 4.57 Å². The first-order valence-corrected chi connectivity index (χ1v) is 20.2. The topological polar surface area (TPSA) is 31.0 Å². The van der Waals surface area contributed by atoms with Crippen molar-refractivity contribution in [2.24, 2.45) is 5.41 Å². The lowest BCUT2D eigenvalue weighted by atomic mass is 9.71. The molecule has 8 aromatic rings. The Morgan fingerprint density at radius 1 is 0.691 bits per heavy atom. The second-order valence-electron chi connectivity index (χ2n) is 17.2. The number of imidazole rings is 1. The van der Waals surface area contributed by atoms with Gasteiger partial charge in [-0.15, -0.1) is 0 Å². The van der Waals surface area contributed by atoms with E-state index in [2.05, 4.69) is 174 Å². The molecule has 276 valence electrons. The molecule has 1 aliphatic carbocycles. The van der Waals surface area contributed by atoms with Crippen molar-refractivity contribution in [1.29, 1.82) is 0 Å². The first kappa shape index (κ1) is 34.1. The number of aromatic nitrogens is 2. The zero-order valence-corrected chi connectivity index (χ0v) is 33.3. The van der Waals surface area contributed by atoms with Crippen LogP contribution >= 0.6 is 0 Å². The summed E-state index contributed by atoms with van der Waals surface area (Å²) in [5, 5.41) is 2.19. The van der Waals surface area contributed by atoms with Crippen LogP contribution in [0.5, 0.6) is 0 Å². The molecular formula is C52H52N2O. The van der Waals surface area contributed by atoms with Crippen molar-refractivity contribution in [3.8, 4) is 39.3 Å². The summed E-state index contributed by atoms with van der Waals surface area (Å²) in [6, 6.07) is 43.7. The van der Waals surface area contributed by atoms with Gasteiger partial charge in [-0.1, -0.05) is 126 Å². The number of rotatable bonds is 7. The van der Waals surface area contributed by atoms with E-state index in [1.165, 1.54) is 39.1 Å². The minimum absolute atomic E-state index is 0.247. The maximum Gasteiger partial charge on any atom is 0.149 e. The lowest BCUT2D eigenvalue weighted by Crippen LogP contribution is -2.20. The highest BCUT2D eigenvalue weighted by atomic mass is 16.3. The van der Waals surface area contributed by atoms with Gasteiger partial charge >= 0.3 is 0 Å². The number of para-hydroxylation sites is 2. The average molecular weight is 722 g/mol. The second kappa shape index (κ2) is 13.7. The van der Waals surface area contributed by atoms with E-state index in [0.717, 1.165) is 81.2 Å². The van der Waals surface area contributed by atoms with Crippen LogP contribution in [0.4, 0.5) is 0 Å². The second-order valence-corrected chi connectivity index (χ2v) is 17.2. The summed E-state index contributed by atoms with van der Waals surface area (Å²) in [6.07, 6.45) is 4.03. The molecule has 1 fully saturated rings. The van der Waals surface area contributed by atoms with Gasteiger partial charge in [-0.25, -0.2) is 4.98 Å². The lowest BCUT2D eigenvalue weighted by molar-refractivity contribution is 0.224. The first-order chi connectivity index (χ1) is 26.9. The highest BCUT2D eigenvalue weighted by molar-refractivity contribution is 6.10. The van der Waals surface area contributed by atoms with Gasteiger partial charge in [0.2, 0.25) is 0 Å². The van der Waals surface area contributed by atoms with Crippen LogP contribution in [0, 0.1) is 12.3 Å². The molecule has 0 unspecified atom stereocenters. The molecule has 55 heavy (non-hydrogen) atoms. The highest BCUT2D eigenvalue weighted by Gasteiger charge is 2.29. The van der Waals surface area contributed by atoms with Crippen LogP contribution in [0.3, 0.4) is 0 Å². The van der Waals surface area contributed by atoms with Crippen LogP contribution in [0.1, 0.15) is 109 Å². The fourth-order valence-electron chi connectivity index (χ4n) is 8.88. The predicted octanol–water partition coefficient (Wildman–Crippen LogP) is 15.2. The van der Waals surface area contributed by atoms with E-state index < -0.39 is 5.89 Å². The van der Waals surface area contributed by atoms with Gasteiger partial charge in [0.25, 0.3) is 0 Å².